The second kappa shape index (κ2) is 6.42. The molecule has 2 aromatic carbocycles. The van der Waals surface area contributed by atoms with E-state index in [0.29, 0.717) is 18.0 Å². The van der Waals surface area contributed by atoms with Gasteiger partial charge in [0.25, 0.3) is 0 Å². The van der Waals surface area contributed by atoms with Crippen molar-refractivity contribution in [2.45, 2.75) is 25.9 Å². The number of hydrogen-bond donors (Lipinski definition) is 1. The highest BCUT2D eigenvalue weighted by molar-refractivity contribution is 6.30. The molecule has 0 saturated carbocycles. The molecule has 0 unspecified atom stereocenters. The first-order chi connectivity index (χ1) is 11.1. The second-order valence-corrected chi connectivity index (χ2v) is 6.02. The van der Waals surface area contributed by atoms with E-state index in [9.17, 15) is 9.59 Å². The molecular weight excluding hydrogens is 312 g/mol. The van der Waals surface area contributed by atoms with Gasteiger partial charge in [0.1, 0.15) is 6.04 Å². The SMILES string of the molecule is CC(=O)N1c2ccccc2C[C@H]1C(=O)NCc1ccc(Cl)cc1. The summed E-state index contributed by atoms with van der Waals surface area (Å²) in [4.78, 5) is 26.1. The maximum atomic E-state index is 12.5. The fourth-order valence-corrected chi connectivity index (χ4v) is 3.02. The van der Waals surface area contributed by atoms with Gasteiger partial charge in [0.15, 0.2) is 0 Å². The molecule has 0 bridgehead atoms. The van der Waals surface area contributed by atoms with Crippen molar-refractivity contribution in [3.63, 3.8) is 0 Å². The van der Waals surface area contributed by atoms with E-state index in [2.05, 4.69) is 5.32 Å². The fraction of sp³-hybridized carbons (Fsp3) is 0.222. The third-order valence-electron chi connectivity index (χ3n) is 4.00. The molecule has 2 aromatic rings. The number of hydrogen-bond acceptors (Lipinski definition) is 2. The van der Waals surface area contributed by atoms with Crippen LogP contribution in [0, 0.1) is 0 Å². The Labute approximate surface area is 140 Å². The fourth-order valence-electron chi connectivity index (χ4n) is 2.89. The molecule has 5 heteroatoms. The number of carbonyl (C=O) groups is 2. The van der Waals surface area contributed by atoms with Gasteiger partial charge < -0.3 is 5.32 Å². The Morgan fingerprint density at radius 2 is 1.87 bits per heavy atom. The normalized spacial score (nSPS) is 16.1. The number of para-hydroxylation sites is 1. The van der Waals surface area contributed by atoms with Gasteiger partial charge >= 0.3 is 0 Å². The van der Waals surface area contributed by atoms with Crippen molar-refractivity contribution in [3.05, 3.63) is 64.7 Å². The molecule has 1 heterocycles. The molecule has 0 spiro atoms. The summed E-state index contributed by atoms with van der Waals surface area (Å²) in [5.41, 5.74) is 2.81. The van der Waals surface area contributed by atoms with E-state index in [1.807, 2.05) is 36.4 Å². The lowest BCUT2D eigenvalue weighted by Crippen LogP contribution is -2.47. The summed E-state index contributed by atoms with van der Waals surface area (Å²) < 4.78 is 0. The summed E-state index contributed by atoms with van der Waals surface area (Å²) in [5, 5.41) is 3.57. The quantitative estimate of drug-likeness (QED) is 0.941. The van der Waals surface area contributed by atoms with E-state index in [-0.39, 0.29) is 11.8 Å². The van der Waals surface area contributed by atoms with Gasteiger partial charge in [0.05, 0.1) is 0 Å². The van der Waals surface area contributed by atoms with Crippen molar-refractivity contribution in [1.82, 2.24) is 5.32 Å². The van der Waals surface area contributed by atoms with Crippen LogP contribution in [-0.2, 0) is 22.6 Å². The van der Waals surface area contributed by atoms with Gasteiger partial charge in [-0.1, -0.05) is 41.9 Å². The van der Waals surface area contributed by atoms with E-state index in [4.69, 9.17) is 11.6 Å². The minimum absolute atomic E-state index is 0.124. The van der Waals surface area contributed by atoms with Gasteiger partial charge in [-0.25, -0.2) is 0 Å². The van der Waals surface area contributed by atoms with E-state index in [1.54, 1.807) is 17.0 Å². The molecular formula is C18H17ClN2O2. The Bertz CT molecular complexity index is 743. The zero-order valence-corrected chi connectivity index (χ0v) is 13.5. The van der Waals surface area contributed by atoms with Crippen LogP contribution in [0.25, 0.3) is 0 Å². The predicted molar refractivity (Wildman–Crippen MR) is 90.4 cm³/mol. The lowest BCUT2D eigenvalue weighted by atomic mass is 10.1. The first-order valence-electron chi connectivity index (χ1n) is 7.46. The van der Waals surface area contributed by atoms with Crippen molar-refractivity contribution in [1.29, 1.82) is 0 Å². The van der Waals surface area contributed by atoms with Gasteiger partial charge in [-0.15, -0.1) is 0 Å². The first-order valence-corrected chi connectivity index (χ1v) is 7.84. The number of benzene rings is 2. The molecule has 0 aromatic heterocycles. The van der Waals surface area contributed by atoms with Gasteiger partial charge in [0, 0.05) is 30.6 Å². The molecule has 1 aliphatic heterocycles. The van der Waals surface area contributed by atoms with Crippen molar-refractivity contribution in [3.8, 4) is 0 Å². The zero-order valence-electron chi connectivity index (χ0n) is 12.8. The highest BCUT2D eigenvalue weighted by Gasteiger charge is 2.36. The average Bonchev–Trinajstić information content (AvgIpc) is 2.93. The number of halogens is 1. The molecule has 0 aliphatic carbocycles. The molecule has 118 valence electrons. The molecule has 1 atom stereocenters. The third kappa shape index (κ3) is 3.22. The van der Waals surface area contributed by atoms with Gasteiger partial charge in [0.2, 0.25) is 11.8 Å². The van der Waals surface area contributed by atoms with Crippen LogP contribution in [0.5, 0.6) is 0 Å². The Morgan fingerprint density at radius 1 is 1.17 bits per heavy atom. The minimum atomic E-state index is -0.489. The lowest BCUT2D eigenvalue weighted by molar-refractivity contribution is -0.125. The Hall–Kier alpha value is -2.33. The van der Waals surface area contributed by atoms with E-state index < -0.39 is 6.04 Å². The Balaban J connectivity index is 1.72. The molecule has 3 rings (SSSR count). The second-order valence-electron chi connectivity index (χ2n) is 5.58. The summed E-state index contributed by atoms with van der Waals surface area (Å²) in [6.45, 7) is 1.90. The summed E-state index contributed by atoms with van der Waals surface area (Å²) in [5.74, 6) is -0.270. The van der Waals surface area contributed by atoms with E-state index >= 15 is 0 Å². The number of fused-ring (bicyclic) bond motifs is 1. The van der Waals surface area contributed by atoms with Crippen molar-refractivity contribution in [2.24, 2.45) is 0 Å². The van der Waals surface area contributed by atoms with Crippen LogP contribution in [0.3, 0.4) is 0 Å². The summed E-state index contributed by atoms with van der Waals surface area (Å²) in [7, 11) is 0. The van der Waals surface area contributed by atoms with Crippen molar-refractivity contribution < 1.29 is 9.59 Å². The number of carbonyl (C=O) groups excluding carboxylic acids is 2. The molecule has 0 saturated heterocycles. The molecule has 23 heavy (non-hydrogen) atoms. The maximum Gasteiger partial charge on any atom is 0.243 e. The Morgan fingerprint density at radius 3 is 2.57 bits per heavy atom. The summed E-state index contributed by atoms with van der Waals surface area (Å²) in [6, 6.07) is 14.5. The van der Waals surface area contributed by atoms with E-state index in [1.165, 1.54) is 6.92 Å². The average molecular weight is 329 g/mol. The zero-order chi connectivity index (χ0) is 16.4. The largest absolute Gasteiger partial charge is 0.350 e. The van der Waals surface area contributed by atoms with Crippen LogP contribution in [0.1, 0.15) is 18.1 Å². The molecule has 1 aliphatic rings. The number of anilines is 1. The highest BCUT2D eigenvalue weighted by atomic mass is 35.5. The smallest absolute Gasteiger partial charge is 0.243 e. The molecule has 4 nitrogen and oxygen atoms in total. The highest BCUT2D eigenvalue weighted by Crippen LogP contribution is 2.32. The first kappa shape index (κ1) is 15.6. The van der Waals surface area contributed by atoms with Crippen LogP contribution >= 0.6 is 11.6 Å². The molecule has 0 fully saturated rings. The molecule has 2 amide bonds. The van der Waals surface area contributed by atoms with Gasteiger partial charge in [-0.2, -0.15) is 0 Å². The standard InChI is InChI=1S/C18H17ClN2O2/c1-12(22)21-16-5-3-2-4-14(16)10-17(21)18(23)20-11-13-6-8-15(19)9-7-13/h2-9,17H,10-11H2,1H3,(H,20,23)/t17-/m0/s1. The molecule has 0 radical (unpaired) electrons. The van der Waals surface area contributed by atoms with Crippen LogP contribution < -0.4 is 10.2 Å². The number of nitrogens with zero attached hydrogens (tertiary/aromatic N) is 1. The van der Waals surface area contributed by atoms with Gasteiger partial charge in [-0.3, -0.25) is 14.5 Å². The number of nitrogens with one attached hydrogen (secondary N) is 1. The van der Waals surface area contributed by atoms with Crippen LogP contribution in [0.4, 0.5) is 5.69 Å². The maximum absolute atomic E-state index is 12.5. The Kier molecular flexibility index (Phi) is 4.35. The summed E-state index contributed by atoms with van der Waals surface area (Å²) >= 11 is 5.85. The summed E-state index contributed by atoms with van der Waals surface area (Å²) in [6.07, 6.45) is 0.544. The van der Waals surface area contributed by atoms with Crippen molar-refractivity contribution in [2.75, 3.05) is 4.90 Å². The predicted octanol–water partition coefficient (Wildman–Crippen LogP) is 2.93. The third-order valence-corrected chi connectivity index (χ3v) is 4.25. The lowest BCUT2D eigenvalue weighted by Gasteiger charge is -2.23. The van der Waals surface area contributed by atoms with Crippen LogP contribution in [0.2, 0.25) is 5.02 Å². The number of amides is 2. The molecule has 1 N–H and O–H groups in total. The topological polar surface area (TPSA) is 49.4 Å². The van der Waals surface area contributed by atoms with Gasteiger partial charge in [-0.05, 0) is 29.3 Å². The van der Waals surface area contributed by atoms with Crippen molar-refractivity contribution >= 4 is 29.1 Å². The van der Waals surface area contributed by atoms with E-state index in [0.717, 1.165) is 16.8 Å². The van der Waals surface area contributed by atoms with Crippen LogP contribution in [-0.4, -0.2) is 17.9 Å². The monoisotopic (exact) mass is 328 g/mol. The minimum Gasteiger partial charge on any atom is -0.350 e. The van der Waals surface area contributed by atoms with Crippen LogP contribution in [0.15, 0.2) is 48.5 Å². The number of rotatable bonds is 3.